The van der Waals surface area contributed by atoms with Gasteiger partial charge in [0.25, 0.3) is 0 Å². The number of nitrogens with zero attached hydrogens (tertiary/aromatic N) is 6. The molecule has 8 heteroatoms. The lowest BCUT2D eigenvalue weighted by Crippen LogP contribution is -2.04. The molecule has 2 aromatic carbocycles. The van der Waals surface area contributed by atoms with Gasteiger partial charge in [-0.2, -0.15) is 9.90 Å². The molecule has 28 heavy (non-hydrogen) atoms. The van der Waals surface area contributed by atoms with Gasteiger partial charge in [0.15, 0.2) is 0 Å². The van der Waals surface area contributed by atoms with Crippen LogP contribution in [0.3, 0.4) is 0 Å². The number of hydrogen-bond acceptors (Lipinski definition) is 5. The summed E-state index contributed by atoms with van der Waals surface area (Å²) in [4.78, 5) is 1.62. The standard InChI is InChI=1S/C20H19BrN6S/c1-2-26-20(28-14-16-6-4-3-5-7-16)18(12-22-26)19-23-25-27(24-19)13-15-8-10-17(21)11-9-15/h3-12H,2,13-14H2,1H3. The van der Waals surface area contributed by atoms with E-state index < -0.39 is 0 Å². The van der Waals surface area contributed by atoms with Gasteiger partial charge < -0.3 is 0 Å². The van der Waals surface area contributed by atoms with E-state index in [1.807, 2.05) is 41.2 Å². The van der Waals surface area contributed by atoms with Crippen molar-refractivity contribution in [3.63, 3.8) is 0 Å². The molecular formula is C20H19BrN6S. The van der Waals surface area contributed by atoms with Crippen LogP contribution in [0.25, 0.3) is 11.4 Å². The highest BCUT2D eigenvalue weighted by atomic mass is 79.9. The number of benzene rings is 2. The molecule has 0 aliphatic rings. The third-order valence-electron chi connectivity index (χ3n) is 4.24. The van der Waals surface area contributed by atoms with E-state index in [4.69, 9.17) is 0 Å². The van der Waals surface area contributed by atoms with Gasteiger partial charge in [-0.1, -0.05) is 58.4 Å². The van der Waals surface area contributed by atoms with Crippen LogP contribution in [0, 0.1) is 0 Å². The molecule has 2 heterocycles. The van der Waals surface area contributed by atoms with Gasteiger partial charge in [-0.15, -0.1) is 22.0 Å². The van der Waals surface area contributed by atoms with Crippen LogP contribution >= 0.6 is 27.7 Å². The zero-order valence-electron chi connectivity index (χ0n) is 15.4. The van der Waals surface area contributed by atoms with Gasteiger partial charge in [0.2, 0.25) is 5.82 Å². The molecule has 0 unspecified atom stereocenters. The number of aromatic nitrogens is 6. The van der Waals surface area contributed by atoms with Crippen molar-refractivity contribution < 1.29 is 0 Å². The number of halogens is 1. The molecule has 0 aliphatic heterocycles. The minimum Gasteiger partial charge on any atom is -0.259 e. The molecular weight excluding hydrogens is 436 g/mol. The Hall–Kier alpha value is -2.45. The summed E-state index contributed by atoms with van der Waals surface area (Å²) in [5.74, 6) is 1.47. The minimum atomic E-state index is 0.578. The van der Waals surface area contributed by atoms with Gasteiger partial charge in [-0.25, -0.2) is 0 Å². The predicted molar refractivity (Wildman–Crippen MR) is 114 cm³/mol. The zero-order valence-corrected chi connectivity index (χ0v) is 17.8. The van der Waals surface area contributed by atoms with Crippen molar-refractivity contribution in [3.05, 3.63) is 76.4 Å². The Morgan fingerprint density at radius 1 is 1.00 bits per heavy atom. The van der Waals surface area contributed by atoms with Crippen molar-refractivity contribution >= 4 is 27.7 Å². The zero-order chi connectivity index (χ0) is 19.3. The topological polar surface area (TPSA) is 61.4 Å². The summed E-state index contributed by atoms with van der Waals surface area (Å²) in [7, 11) is 0. The largest absolute Gasteiger partial charge is 0.259 e. The Labute approximate surface area is 176 Å². The van der Waals surface area contributed by atoms with E-state index >= 15 is 0 Å². The highest BCUT2D eigenvalue weighted by Crippen LogP contribution is 2.31. The van der Waals surface area contributed by atoms with Crippen LogP contribution in [0.5, 0.6) is 0 Å². The molecule has 4 aromatic rings. The summed E-state index contributed by atoms with van der Waals surface area (Å²) in [6.07, 6.45) is 1.83. The third-order valence-corrected chi connectivity index (χ3v) is 5.95. The second-order valence-corrected chi connectivity index (χ2v) is 8.10. The smallest absolute Gasteiger partial charge is 0.209 e. The number of hydrogen-bond donors (Lipinski definition) is 0. The van der Waals surface area contributed by atoms with Crippen molar-refractivity contribution in [2.75, 3.05) is 0 Å². The fourth-order valence-electron chi connectivity index (χ4n) is 2.80. The Morgan fingerprint density at radius 2 is 1.79 bits per heavy atom. The molecule has 0 spiro atoms. The van der Waals surface area contributed by atoms with E-state index in [0.29, 0.717) is 12.4 Å². The molecule has 0 saturated carbocycles. The van der Waals surface area contributed by atoms with Gasteiger partial charge in [-0.05, 0) is 35.4 Å². The van der Waals surface area contributed by atoms with E-state index in [2.05, 4.69) is 67.6 Å². The third kappa shape index (κ3) is 4.34. The first-order valence-corrected chi connectivity index (χ1v) is 10.8. The molecule has 0 fully saturated rings. The summed E-state index contributed by atoms with van der Waals surface area (Å²) in [5, 5.41) is 18.6. The quantitative estimate of drug-likeness (QED) is 0.380. The van der Waals surface area contributed by atoms with Gasteiger partial charge in [0.1, 0.15) is 5.03 Å². The number of rotatable bonds is 7. The normalized spacial score (nSPS) is 11.1. The molecule has 0 N–H and O–H groups in total. The summed E-state index contributed by atoms with van der Waals surface area (Å²) >= 11 is 5.20. The monoisotopic (exact) mass is 454 g/mol. The summed E-state index contributed by atoms with van der Waals surface area (Å²) < 4.78 is 3.04. The molecule has 0 aliphatic carbocycles. The lowest BCUT2D eigenvalue weighted by atomic mass is 10.2. The second-order valence-electron chi connectivity index (χ2n) is 6.22. The molecule has 0 amide bonds. The van der Waals surface area contributed by atoms with E-state index in [-0.39, 0.29) is 0 Å². The van der Waals surface area contributed by atoms with Crippen LogP contribution in [0.4, 0.5) is 0 Å². The maximum Gasteiger partial charge on any atom is 0.209 e. The van der Waals surface area contributed by atoms with Crippen molar-refractivity contribution in [1.29, 1.82) is 0 Å². The maximum absolute atomic E-state index is 4.58. The lowest BCUT2D eigenvalue weighted by molar-refractivity contribution is 0.572. The summed E-state index contributed by atoms with van der Waals surface area (Å²) in [5.41, 5.74) is 3.31. The number of tetrazole rings is 1. The predicted octanol–water partition coefficient (Wildman–Crippen LogP) is 4.66. The van der Waals surface area contributed by atoms with Crippen LogP contribution in [-0.2, 0) is 18.8 Å². The van der Waals surface area contributed by atoms with Crippen molar-refractivity contribution in [1.82, 2.24) is 30.0 Å². The summed E-state index contributed by atoms with van der Waals surface area (Å²) in [6.45, 7) is 3.46. The number of aryl methyl sites for hydroxylation is 1. The van der Waals surface area contributed by atoms with E-state index in [0.717, 1.165) is 32.9 Å². The van der Waals surface area contributed by atoms with Crippen molar-refractivity contribution in [2.24, 2.45) is 0 Å². The molecule has 0 radical (unpaired) electrons. The van der Waals surface area contributed by atoms with Gasteiger partial charge in [0.05, 0.1) is 18.3 Å². The second kappa shape index (κ2) is 8.70. The van der Waals surface area contributed by atoms with Crippen LogP contribution < -0.4 is 0 Å². The fraction of sp³-hybridized carbons (Fsp3) is 0.200. The average Bonchev–Trinajstić information content (AvgIpc) is 3.35. The average molecular weight is 455 g/mol. The molecule has 6 nitrogen and oxygen atoms in total. The maximum atomic E-state index is 4.58. The fourth-order valence-corrected chi connectivity index (χ4v) is 4.19. The van der Waals surface area contributed by atoms with Crippen molar-refractivity contribution in [3.8, 4) is 11.4 Å². The van der Waals surface area contributed by atoms with Crippen LogP contribution in [0.2, 0.25) is 0 Å². The molecule has 0 saturated heterocycles. The van der Waals surface area contributed by atoms with Crippen LogP contribution in [0.1, 0.15) is 18.1 Å². The highest BCUT2D eigenvalue weighted by Gasteiger charge is 2.17. The SMILES string of the molecule is CCn1ncc(-c2nnn(Cc3ccc(Br)cc3)n2)c1SCc1ccccc1. The Kier molecular flexibility index (Phi) is 5.87. The summed E-state index contributed by atoms with van der Waals surface area (Å²) in [6, 6.07) is 18.5. The molecule has 0 atom stereocenters. The first kappa shape index (κ1) is 18.9. The van der Waals surface area contributed by atoms with Crippen LogP contribution in [0.15, 0.2) is 70.3 Å². The number of thioether (sulfide) groups is 1. The molecule has 2 aromatic heterocycles. The van der Waals surface area contributed by atoms with Crippen molar-refractivity contribution in [2.45, 2.75) is 30.8 Å². The first-order chi connectivity index (χ1) is 13.7. The first-order valence-electron chi connectivity index (χ1n) is 8.98. The Bertz CT molecular complexity index is 1040. The van der Waals surface area contributed by atoms with E-state index in [1.54, 1.807) is 16.6 Å². The highest BCUT2D eigenvalue weighted by molar-refractivity contribution is 9.10. The van der Waals surface area contributed by atoms with E-state index in [9.17, 15) is 0 Å². The van der Waals surface area contributed by atoms with E-state index in [1.165, 1.54) is 5.56 Å². The minimum absolute atomic E-state index is 0.578. The Balaban J connectivity index is 1.55. The molecule has 4 rings (SSSR count). The van der Waals surface area contributed by atoms with Gasteiger partial charge in [-0.3, -0.25) is 4.68 Å². The lowest BCUT2D eigenvalue weighted by Gasteiger charge is -2.06. The molecule has 0 bridgehead atoms. The van der Waals surface area contributed by atoms with Crippen LogP contribution in [-0.4, -0.2) is 30.0 Å². The molecule has 142 valence electrons. The van der Waals surface area contributed by atoms with Gasteiger partial charge in [0, 0.05) is 16.8 Å². The van der Waals surface area contributed by atoms with Gasteiger partial charge >= 0.3 is 0 Å². The Morgan fingerprint density at radius 3 is 2.54 bits per heavy atom.